The third-order valence-corrected chi connectivity index (χ3v) is 9.53. The summed E-state index contributed by atoms with van der Waals surface area (Å²) < 4.78 is 0. The molecule has 0 fully saturated rings. The van der Waals surface area contributed by atoms with Gasteiger partial charge in [0.05, 0.1) is 0 Å². The lowest BCUT2D eigenvalue weighted by Gasteiger charge is -2.26. The Kier molecular flexibility index (Phi) is 21.1. The number of unbranched alkanes of at least 4 members (excludes halogenated alkanes) is 14. The Bertz CT molecular complexity index is 1290. The number of carboxylic acid groups (broad SMARTS) is 1. The SMILES string of the molecule is CCCCCCCCCCCCCCCCCC(=O)N[C@@H](Cc1cccc2ccccc12)C(=O)N[C@@H](CC(C)C)C(=O)N[C@H](C(=O)O)C(C)C. The normalized spacial score (nSPS) is 13.3. The van der Waals surface area contributed by atoms with Crippen molar-refractivity contribution in [3.05, 3.63) is 48.0 Å². The summed E-state index contributed by atoms with van der Waals surface area (Å²) in [6.45, 7) is 9.59. The molecule has 0 aromatic heterocycles. The maximum atomic E-state index is 13.9. The molecule has 0 aliphatic heterocycles. The second kappa shape index (κ2) is 24.7. The number of fused-ring (bicyclic) bond motifs is 1. The first-order chi connectivity index (χ1) is 24.0. The number of hydrogen-bond donors (Lipinski definition) is 4. The molecule has 0 saturated heterocycles. The highest BCUT2D eigenvalue weighted by Gasteiger charge is 2.31. The van der Waals surface area contributed by atoms with Crippen molar-refractivity contribution in [3.8, 4) is 0 Å². The minimum absolute atomic E-state index is 0.0598. The van der Waals surface area contributed by atoms with Gasteiger partial charge in [-0.15, -0.1) is 0 Å². The average molecular weight is 694 g/mol. The molecule has 0 heterocycles. The first-order valence-corrected chi connectivity index (χ1v) is 19.6. The number of carboxylic acids is 1. The molecule has 8 nitrogen and oxygen atoms in total. The van der Waals surface area contributed by atoms with Gasteiger partial charge in [0.25, 0.3) is 0 Å². The van der Waals surface area contributed by atoms with E-state index in [1.54, 1.807) is 13.8 Å². The second-order valence-corrected chi connectivity index (χ2v) is 14.9. The number of carbonyl (C=O) groups is 4. The van der Waals surface area contributed by atoms with Crippen LogP contribution >= 0.6 is 0 Å². The van der Waals surface area contributed by atoms with E-state index in [2.05, 4.69) is 22.9 Å². The number of nitrogens with one attached hydrogen (secondary N) is 3. The summed E-state index contributed by atoms with van der Waals surface area (Å²) in [4.78, 5) is 52.1. The summed E-state index contributed by atoms with van der Waals surface area (Å²) in [7, 11) is 0. The highest BCUT2D eigenvalue weighted by atomic mass is 16.4. The zero-order valence-electron chi connectivity index (χ0n) is 31.7. The second-order valence-electron chi connectivity index (χ2n) is 14.9. The minimum atomic E-state index is -1.12. The molecular weight excluding hydrogens is 626 g/mol. The molecule has 8 heteroatoms. The van der Waals surface area contributed by atoms with Crippen molar-refractivity contribution >= 4 is 34.5 Å². The summed E-state index contributed by atoms with van der Waals surface area (Å²) in [6.07, 6.45) is 19.7. The average Bonchev–Trinajstić information content (AvgIpc) is 3.07. The van der Waals surface area contributed by atoms with Crippen LogP contribution in [0.5, 0.6) is 0 Å². The molecule has 0 spiro atoms. The molecule has 50 heavy (non-hydrogen) atoms. The molecule has 3 atom stereocenters. The zero-order chi connectivity index (χ0) is 36.7. The van der Waals surface area contributed by atoms with E-state index in [1.807, 2.05) is 56.3 Å². The van der Waals surface area contributed by atoms with Crippen LogP contribution in [0.4, 0.5) is 0 Å². The van der Waals surface area contributed by atoms with Crippen molar-refractivity contribution in [1.29, 1.82) is 0 Å². The Hall–Kier alpha value is -3.42. The number of hydrogen-bond acceptors (Lipinski definition) is 4. The van der Waals surface area contributed by atoms with E-state index in [4.69, 9.17) is 0 Å². The quantitative estimate of drug-likeness (QED) is 0.0696. The molecule has 280 valence electrons. The van der Waals surface area contributed by atoms with E-state index >= 15 is 0 Å². The summed E-state index contributed by atoms with van der Waals surface area (Å²) in [5.41, 5.74) is 0.922. The number of amides is 3. The fraction of sp³-hybridized carbons (Fsp3) is 0.667. The molecule has 2 aromatic rings. The lowest BCUT2D eigenvalue weighted by molar-refractivity contribution is -0.143. The number of benzene rings is 2. The first kappa shape index (κ1) is 42.7. The number of rotatable bonds is 27. The van der Waals surface area contributed by atoms with Crippen LogP contribution in [-0.2, 0) is 25.6 Å². The maximum absolute atomic E-state index is 13.9. The van der Waals surface area contributed by atoms with Crippen LogP contribution in [0.25, 0.3) is 10.8 Å². The van der Waals surface area contributed by atoms with Gasteiger partial charge in [-0.25, -0.2) is 4.79 Å². The van der Waals surface area contributed by atoms with Crippen molar-refractivity contribution in [2.75, 3.05) is 0 Å². The van der Waals surface area contributed by atoms with Gasteiger partial charge in [-0.1, -0.05) is 167 Å². The molecule has 0 radical (unpaired) electrons. The molecule has 3 amide bonds. The fourth-order valence-electron chi connectivity index (χ4n) is 6.57. The lowest BCUT2D eigenvalue weighted by Crippen LogP contribution is -2.57. The van der Waals surface area contributed by atoms with Crippen LogP contribution in [0.3, 0.4) is 0 Å². The van der Waals surface area contributed by atoms with Gasteiger partial charge in [0.2, 0.25) is 17.7 Å². The van der Waals surface area contributed by atoms with E-state index in [-0.39, 0.29) is 24.2 Å². The van der Waals surface area contributed by atoms with Crippen molar-refractivity contribution in [3.63, 3.8) is 0 Å². The molecular formula is C42H67N3O5. The summed E-state index contributed by atoms with van der Waals surface area (Å²) in [6, 6.07) is 10.9. The van der Waals surface area contributed by atoms with E-state index in [1.165, 1.54) is 77.0 Å². The molecule has 4 N–H and O–H groups in total. The molecule has 0 bridgehead atoms. The predicted octanol–water partition coefficient (Wildman–Crippen LogP) is 8.88. The van der Waals surface area contributed by atoms with Gasteiger partial charge in [0.15, 0.2) is 0 Å². The van der Waals surface area contributed by atoms with E-state index in [0.29, 0.717) is 12.8 Å². The van der Waals surface area contributed by atoms with Crippen LogP contribution in [0.1, 0.15) is 149 Å². The van der Waals surface area contributed by atoms with Crippen molar-refractivity contribution < 1.29 is 24.3 Å². The Morgan fingerprint density at radius 3 is 1.68 bits per heavy atom. The van der Waals surface area contributed by atoms with Gasteiger partial charge in [-0.3, -0.25) is 14.4 Å². The smallest absolute Gasteiger partial charge is 0.326 e. The standard InChI is InChI=1S/C42H67N3O5/c1-6-7-8-9-10-11-12-13-14-15-16-17-18-19-20-28-38(46)43-37(30-34-26-23-25-33-24-21-22-27-35(33)34)40(47)44-36(29-31(2)3)41(48)45-39(32(4)5)42(49)50/h21-27,31-32,36-37,39H,6-20,28-30H2,1-5H3,(H,43,46)(H,44,47)(H,45,48)(H,49,50)/t36-,37-,39-/m0/s1. The summed E-state index contributed by atoms with van der Waals surface area (Å²) in [5, 5.41) is 20.1. The van der Waals surface area contributed by atoms with Gasteiger partial charge in [-0.05, 0) is 41.0 Å². The van der Waals surface area contributed by atoms with Gasteiger partial charge < -0.3 is 21.1 Å². The van der Waals surface area contributed by atoms with Crippen LogP contribution in [0.2, 0.25) is 0 Å². The van der Waals surface area contributed by atoms with Crippen LogP contribution in [0.15, 0.2) is 42.5 Å². The highest BCUT2D eigenvalue weighted by Crippen LogP contribution is 2.21. The lowest BCUT2D eigenvalue weighted by atomic mass is 9.97. The van der Waals surface area contributed by atoms with E-state index < -0.39 is 35.9 Å². The molecule has 0 aliphatic carbocycles. The Morgan fingerprint density at radius 2 is 1.14 bits per heavy atom. The monoisotopic (exact) mass is 694 g/mol. The maximum Gasteiger partial charge on any atom is 0.326 e. The molecule has 0 saturated carbocycles. The molecule has 0 aliphatic rings. The van der Waals surface area contributed by atoms with E-state index in [0.717, 1.165) is 35.6 Å². The third kappa shape index (κ3) is 17.0. The number of aliphatic carboxylic acids is 1. The summed E-state index contributed by atoms with van der Waals surface area (Å²) >= 11 is 0. The first-order valence-electron chi connectivity index (χ1n) is 19.6. The van der Waals surface area contributed by atoms with Crippen LogP contribution < -0.4 is 16.0 Å². The van der Waals surface area contributed by atoms with Gasteiger partial charge in [0, 0.05) is 12.8 Å². The van der Waals surface area contributed by atoms with E-state index in [9.17, 15) is 24.3 Å². The highest BCUT2D eigenvalue weighted by molar-refractivity contribution is 5.94. The van der Waals surface area contributed by atoms with Crippen molar-refractivity contribution in [1.82, 2.24) is 16.0 Å². The fourth-order valence-corrected chi connectivity index (χ4v) is 6.57. The van der Waals surface area contributed by atoms with Gasteiger partial charge in [-0.2, -0.15) is 0 Å². The Morgan fingerprint density at radius 1 is 0.620 bits per heavy atom. The number of carbonyl (C=O) groups excluding carboxylic acids is 3. The minimum Gasteiger partial charge on any atom is -0.480 e. The molecule has 0 unspecified atom stereocenters. The Balaban J connectivity index is 1.94. The largest absolute Gasteiger partial charge is 0.480 e. The summed E-state index contributed by atoms with van der Waals surface area (Å²) in [5.74, 6) is -2.57. The van der Waals surface area contributed by atoms with Crippen molar-refractivity contribution in [2.45, 2.75) is 168 Å². The Labute approximate surface area is 302 Å². The third-order valence-electron chi connectivity index (χ3n) is 9.53. The zero-order valence-corrected chi connectivity index (χ0v) is 31.7. The van der Waals surface area contributed by atoms with Gasteiger partial charge >= 0.3 is 5.97 Å². The van der Waals surface area contributed by atoms with Crippen LogP contribution in [0, 0.1) is 11.8 Å². The molecule has 2 rings (SSSR count). The van der Waals surface area contributed by atoms with Crippen LogP contribution in [-0.4, -0.2) is 46.9 Å². The topological polar surface area (TPSA) is 125 Å². The van der Waals surface area contributed by atoms with Crippen molar-refractivity contribution in [2.24, 2.45) is 11.8 Å². The van der Waals surface area contributed by atoms with Gasteiger partial charge in [0.1, 0.15) is 18.1 Å². The molecule has 2 aromatic carbocycles. The predicted molar refractivity (Wildman–Crippen MR) is 205 cm³/mol.